The van der Waals surface area contributed by atoms with E-state index in [-0.39, 0.29) is 12.1 Å². The number of hydrogen-bond donors (Lipinski definition) is 1. The van der Waals surface area contributed by atoms with Gasteiger partial charge in [-0.2, -0.15) is 4.98 Å². The van der Waals surface area contributed by atoms with Crippen LogP contribution in [0.3, 0.4) is 0 Å². The fraction of sp³-hybridized carbons (Fsp3) is 0.727. The monoisotopic (exact) mass is 225 g/mol. The second-order valence-corrected chi connectivity index (χ2v) is 4.94. The number of aliphatic hydroxyl groups excluding tert-OH is 1. The molecule has 2 rings (SSSR count). The highest BCUT2D eigenvalue weighted by molar-refractivity contribution is 5.29. The molecule has 1 N–H and O–H groups in total. The Morgan fingerprint density at radius 3 is 2.81 bits per heavy atom. The molecule has 5 nitrogen and oxygen atoms in total. The van der Waals surface area contributed by atoms with Crippen LogP contribution in [-0.2, 0) is 6.61 Å². The molecule has 0 radical (unpaired) electrons. The third-order valence-corrected chi connectivity index (χ3v) is 3.29. The molecule has 90 valence electrons. The van der Waals surface area contributed by atoms with Gasteiger partial charge in [0, 0.05) is 25.2 Å². The van der Waals surface area contributed by atoms with Gasteiger partial charge < -0.3 is 14.4 Å². The summed E-state index contributed by atoms with van der Waals surface area (Å²) >= 11 is 0. The van der Waals surface area contributed by atoms with Crippen LogP contribution < -0.4 is 4.90 Å². The molecule has 0 spiro atoms. The Balaban J connectivity index is 2.11. The van der Waals surface area contributed by atoms with Gasteiger partial charge in [0.05, 0.1) is 6.61 Å². The maximum atomic E-state index is 8.94. The van der Waals surface area contributed by atoms with Gasteiger partial charge in [0.15, 0.2) is 0 Å². The Hall–Kier alpha value is -1.07. The van der Waals surface area contributed by atoms with Crippen molar-refractivity contribution in [2.24, 2.45) is 0 Å². The van der Waals surface area contributed by atoms with Gasteiger partial charge in [-0.3, -0.25) is 4.90 Å². The minimum Gasteiger partial charge on any atom is -0.432 e. The van der Waals surface area contributed by atoms with E-state index in [1.165, 1.54) is 6.26 Å². The number of aliphatic hydroxyl groups is 1. The van der Waals surface area contributed by atoms with Gasteiger partial charge in [-0.15, -0.1) is 0 Å². The van der Waals surface area contributed by atoms with Crippen LogP contribution in [-0.4, -0.2) is 47.2 Å². The van der Waals surface area contributed by atoms with Gasteiger partial charge in [0.1, 0.15) is 12.0 Å². The van der Waals surface area contributed by atoms with Gasteiger partial charge >= 0.3 is 0 Å². The summed E-state index contributed by atoms with van der Waals surface area (Å²) in [6.45, 7) is 7.12. The Morgan fingerprint density at radius 1 is 1.50 bits per heavy atom. The van der Waals surface area contributed by atoms with Crippen LogP contribution in [0.2, 0.25) is 0 Å². The van der Waals surface area contributed by atoms with Crippen molar-refractivity contribution in [2.45, 2.75) is 26.0 Å². The summed E-state index contributed by atoms with van der Waals surface area (Å²) in [6.07, 6.45) is 1.51. The van der Waals surface area contributed by atoms with Crippen LogP contribution in [0.5, 0.6) is 0 Å². The highest BCUT2D eigenvalue weighted by atomic mass is 16.4. The molecule has 5 heteroatoms. The molecule has 1 aliphatic rings. The van der Waals surface area contributed by atoms with E-state index < -0.39 is 0 Å². The molecule has 1 fully saturated rings. The van der Waals surface area contributed by atoms with Crippen LogP contribution in [0.1, 0.15) is 19.5 Å². The van der Waals surface area contributed by atoms with Gasteiger partial charge in [-0.1, -0.05) is 0 Å². The summed E-state index contributed by atoms with van der Waals surface area (Å²) in [4.78, 5) is 8.69. The molecule has 16 heavy (non-hydrogen) atoms. The van der Waals surface area contributed by atoms with Crippen molar-refractivity contribution < 1.29 is 9.52 Å². The molecule has 0 aliphatic carbocycles. The third-order valence-electron chi connectivity index (χ3n) is 3.29. The minimum atomic E-state index is -0.0688. The SMILES string of the molecule is CN1CCN(c2nc(CO)co2)CC1(C)C. The van der Waals surface area contributed by atoms with Crippen LogP contribution in [0.4, 0.5) is 6.01 Å². The highest BCUT2D eigenvalue weighted by Gasteiger charge is 2.32. The lowest BCUT2D eigenvalue weighted by Crippen LogP contribution is -2.57. The number of rotatable bonds is 2. The summed E-state index contributed by atoms with van der Waals surface area (Å²) in [5.74, 6) is 0. The van der Waals surface area contributed by atoms with E-state index in [4.69, 9.17) is 9.52 Å². The predicted octanol–water partition coefficient (Wildman–Crippen LogP) is 0.697. The van der Waals surface area contributed by atoms with E-state index in [0.717, 1.165) is 19.6 Å². The van der Waals surface area contributed by atoms with E-state index in [1.807, 2.05) is 0 Å². The van der Waals surface area contributed by atoms with Crippen molar-refractivity contribution >= 4 is 6.01 Å². The first kappa shape index (κ1) is 11.4. The Bertz CT molecular complexity index is 362. The number of piperazine rings is 1. The van der Waals surface area contributed by atoms with Crippen LogP contribution in [0.25, 0.3) is 0 Å². The molecule has 0 amide bonds. The third kappa shape index (κ3) is 2.05. The van der Waals surface area contributed by atoms with E-state index in [2.05, 4.69) is 35.7 Å². The summed E-state index contributed by atoms with van der Waals surface area (Å²) in [5.41, 5.74) is 0.707. The molecule has 0 atom stereocenters. The maximum Gasteiger partial charge on any atom is 0.297 e. The van der Waals surface area contributed by atoms with Crippen molar-refractivity contribution in [3.63, 3.8) is 0 Å². The summed E-state index contributed by atoms with van der Waals surface area (Å²) in [7, 11) is 2.13. The van der Waals surface area contributed by atoms with Crippen LogP contribution in [0.15, 0.2) is 10.7 Å². The molecule has 1 aliphatic heterocycles. The Labute approximate surface area is 95.7 Å². The molecule has 0 aromatic carbocycles. The molecule has 1 aromatic heterocycles. The lowest BCUT2D eigenvalue weighted by atomic mass is 10.0. The molecule has 0 bridgehead atoms. The molecule has 2 heterocycles. The predicted molar refractivity (Wildman–Crippen MR) is 61.3 cm³/mol. The van der Waals surface area contributed by atoms with E-state index >= 15 is 0 Å². The van der Waals surface area contributed by atoms with Crippen molar-refractivity contribution in [3.8, 4) is 0 Å². The average molecular weight is 225 g/mol. The lowest BCUT2D eigenvalue weighted by Gasteiger charge is -2.44. The minimum absolute atomic E-state index is 0.0688. The fourth-order valence-corrected chi connectivity index (χ4v) is 1.92. The van der Waals surface area contributed by atoms with Crippen molar-refractivity contribution in [3.05, 3.63) is 12.0 Å². The zero-order valence-electron chi connectivity index (χ0n) is 10.1. The summed E-state index contributed by atoms with van der Waals surface area (Å²) in [6, 6.07) is 0.616. The normalized spacial score (nSPS) is 21.4. The second kappa shape index (κ2) is 4.07. The first-order valence-electron chi connectivity index (χ1n) is 5.54. The summed E-state index contributed by atoms with van der Waals surface area (Å²) < 4.78 is 5.36. The number of oxazole rings is 1. The standard InChI is InChI=1S/C11H19N3O2/c1-11(2)8-14(5-4-13(11)3)10-12-9(6-15)7-16-10/h7,15H,4-6,8H2,1-3H3. The molecular weight excluding hydrogens is 206 g/mol. The second-order valence-electron chi connectivity index (χ2n) is 4.94. The lowest BCUT2D eigenvalue weighted by molar-refractivity contribution is 0.136. The van der Waals surface area contributed by atoms with Crippen LogP contribution >= 0.6 is 0 Å². The average Bonchev–Trinajstić information content (AvgIpc) is 2.70. The van der Waals surface area contributed by atoms with E-state index in [0.29, 0.717) is 11.7 Å². The van der Waals surface area contributed by atoms with Gasteiger partial charge in [0.2, 0.25) is 0 Å². The topological polar surface area (TPSA) is 52.7 Å². The van der Waals surface area contributed by atoms with Crippen molar-refractivity contribution in [1.29, 1.82) is 0 Å². The van der Waals surface area contributed by atoms with E-state index in [1.54, 1.807) is 0 Å². The molecule has 0 unspecified atom stereocenters. The summed E-state index contributed by atoms with van der Waals surface area (Å²) in [5, 5.41) is 8.94. The van der Waals surface area contributed by atoms with Gasteiger partial charge in [0.25, 0.3) is 6.01 Å². The van der Waals surface area contributed by atoms with Crippen molar-refractivity contribution in [2.75, 3.05) is 31.6 Å². The smallest absolute Gasteiger partial charge is 0.297 e. The zero-order chi connectivity index (χ0) is 11.8. The van der Waals surface area contributed by atoms with Gasteiger partial charge in [-0.05, 0) is 20.9 Å². The number of anilines is 1. The molecule has 1 saturated heterocycles. The Kier molecular flexibility index (Phi) is 2.90. The number of aromatic nitrogens is 1. The molecular formula is C11H19N3O2. The quantitative estimate of drug-likeness (QED) is 0.803. The Morgan fingerprint density at radius 2 is 2.25 bits per heavy atom. The van der Waals surface area contributed by atoms with Crippen molar-refractivity contribution in [1.82, 2.24) is 9.88 Å². The van der Waals surface area contributed by atoms with Crippen LogP contribution in [0, 0.1) is 0 Å². The molecule has 1 aromatic rings. The van der Waals surface area contributed by atoms with E-state index in [9.17, 15) is 0 Å². The number of likely N-dealkylation sites (N-methyl/N-ethyl adjacent to an activating group) is 1. The highest BCUT2D eigenvalue weighted by Crippen LogP contribution is 2.23. The maximum absolute atomic E-state index is 8.94. The number of nitrogens with zero attached hydrogens (tertiary/aromatic N) is 3. The first-order chi connectivity index (χ1) is 7.53. The number of hydrogen-bond acceptors (Lipinski definition) is 5. The largest absolute Gasteiger partial charge is 0.432 e. The fourth-order valence-electron chi connectivity index (χ4n) is 1.92. The zero-order valence-corrected chi connectivity index (χ0v) is 10.1. The van der Waals surface area contributed by atoms with Gasteiger partial charge in [-0.25, -0.2) is 0 Å². The molecule has 0 saturated carbocycles. The first-order valence-corrected chi connectivity index (χ1v) is 5.54.